The van der Waals surface area contributed by atoms with Crippen LogP contribution in [0.15, 0.2) is 141 Å². The first-order valence-electron chi connectivity index (χ1n) is 17.4. The van der Waals surface area contributed by atoms with Gasteiger partial charge in [-0.1, -0.05) is 148 Å². The van der Waals surface area contributed by atoms with Crippen LogP contribution in [0.2, 0.25) is 0 Å². The van der Waals surface area contributed by atoms with Crippen LogP contribution in [-0.2, 0) is 0 Å². The second-order valence-electron chi connectivity index (χ2n) is 13.5. The number of rotatable bonds is 5. The molecule has 8 aromatic carbocycles. The first-order valence-corrected chi connectivity index (χ1v) is 17.4. The van der Waals surface area contributed by atoms with Crippen molar-refractivity contribution in [3.05, 3.63) is 157 Å². The Bertz CT molecular complexity index is 2550. The van der Waals surface area contributed by atoms with Gasteiger partial charge in [0.05, 0.1) is 0 Å². The van der Waals surface area contributed by atoms with E-state index >= 15 is 0 Å². The Labute approximate surface area is 282 Å². The van der Waals surface area contributed by atoms with Crippen molar-refractivity contribution in [3.63, 3.8) is 0 Å². The molecule has 1 saturated carbocycles. The van der Waals surface area contributed by atoms with Gasteiger partial charge in [-0.2, -0.15) is 0 Å². The van der Waals surface area contributed by atoms with Crippen molar-refractivity contribution in [2.24, 2.45) is 0 Å². The Kier molecular flexibility index (Phi) is 6.98. The van der Waals surface area contributed by atoms with E-state index in [1.165, 1.54) is 114 Å². The van der Waals surface area contributed by atoms with Gasteiger partial charge < -0.3 is 0 Å². The average molecular weight is 615 g/mol. The predicted octanol–water partition coefficient (Wildman–Crippen LogP) is 14.1. The van der Waals surface area contributed by atoms with E-state index in [-0.39, 0.29) is 0 Å². The molecular formula is C48H38. The van der Waals surface area contributed by atoms with Crippen LogP contribution in [0, 0.1) is 0 Å². The lowest BCUT2D eigenvalue weighted by molar-refractivity contribution is 0.444. The summed E-state index contributed by atoms with van der Waals surface area (Å²) >= 11 is 0. The standard InChI is InChI=1S/C48H38/c1-3-37-38(4-2)48(33-20-12-7-13-21-33)46-30-44-42-27-35-23-15-14-22-34(35)26-41(42)40-28-36(31-16-8-5-9-17-31)24-25-39(40)43(44)29-45(46)47(37)32-18-10-6-11-19-32/h3-4,6-7,10-15,18-31H,1-2,5,8-9,16-17H2. The molecule has 0 unspecified atom stereocenters. The first-order chi connectivity index (χ1) is 23.7. The summed E-state index contributed by atoms with van der Waals surface area (Å²) < 4.78 is 0. The van der Waals surface area contributed by atoms with Gasteiger partial charge in [0.1, 0.15) is 0 Å². The van der Waals surface area contributed by atoms with Gasteiger partial charge in [-0.15, -0.1) is 0 Å². The van der Waals surface area contributed by atoms with E-state index in [1.54, 1.807) is 0 Å². The van der Waals surface area contributed by atoms with Gasteiger partial charge in [-0.3, -0.25) is 0 Å². The molecule has 48 heavy (non-hydrogen) atoms. The fourth-order valence-electron chi connectivity index (χ4n) is 8.67. The number of hydrogen-bond acceptors (Lipinski definition) is 0. The van der Waals surface area contributed by atoms with Crippen molar-refractivity contribution in [1.82, 2.24) is 0 Å². The average Bonchev–Trinajstić information content (AvgIpc) is 3.16. The van der Waals surface area contributed by atoms with Crippen LogP contribution in [0.3, 0.4) is 0 Å². The lowest BCUT2D eigenvalue weighted by Crippen LogP contribution is -2.04. The Morgan fingerprint density at radius 2 is 0.875 bits per heavy atom. The van der Waals surface area contributed by atoms with Crippen molar-refractivity contribution in [2.75, 3.05) is 0 Å². The molecule has 0 saturated heterocycles. The molecule has 0 bridgehead atoms. The highest BCUT2D eigenvalue weighted by molar-refractivity contribution is 6.30. The van der Waals surface area contributed by atoms with Crippen LogP contribution in [0.25, 0.3) is 88.3 Å². The molecule has 0 N–H and O–H groups in total. The summed E-state index contributed by atoms with van der Waals surface area (Å²) in [5.41, 5.74) is 8.54. The third kappa shape index (κ3) is 4.51. The monoisotopic (exact) mass is 614 g/mol. The van der Waals surface area contributed by atoms with Gasteiger partial charge in [-0.05, 0) is 136 Å². The molecule has 230 valence electrons. The maximum atomic E-state index is 4.36. The minimum atomic E-state index is 0.650. The fraction of sp³-hybridized carbons (Fsp3) is 0.125. The van der Waals surface area contributed by atoms with Gasteiger partial charge in [0.2, 0.25) is 0 Å². The summed E-state index contributed by atoms with van der Waals surface area (Å²) in [6, 6.07) is 47.6. The molecule has 1 fully saturated rings. The highest BCUT2D eigenvalue weighted by atomic mass is 14.3. The normalized spacial score (nSPS) is 13.9. The second-order valence-corrected chi connectivity index (χ2v) is 13.5. The van der Waals surface area contributed by atoms with Crippen LogP contribution in [-0.4, -0.2) is 0 Å². The lowest BCUT2D eigenvalue weighted by atomic mass is 9.80. The minimum absolute atomic E-state index is 0.650. The van der Waals surface area contributed by atoms with Gasteiger partial charge in [0.25, 0.3) is 0 Å². The zero-order valence-corrected chi connectivity index (χ0v) is 27.3. The molecule has 1 aliphatic rings. The Morgan fingerprint density at radius 3 is 1.40 bits per heavy atom. The molecule has 0 heterocycles. The molecule has 0 atom stereocenters. The SMILES string of the molecule is C=Cc1c(C=C)c(-c2ccccc2)c2cc3c4cc5ccccc5cc4c4cc(C5CCCCC5)ccc4c3cc2c1-c1ccccc1. The van der Waals surface area contributed by atoms with Crippen LogP contribution < -0.4 is 0 Å². The van der Waals surface area contributed by atoms with Crippen LogP contribution in [0.1, 0.15) is 54.7 Å². The van der Waals surface area contributed by atoms with E-state index in [1.807, 2.05) is 12.2 Å². The summed E-state index contributed by atoms with van der Waals surface area (Å²) in [5.74, 6) is 0.650. The van der Waals surface area contributed by atoms with Crippen LogP contribution >= 0.6 is 0 Å². The summed E-state index contributed by atoms with van der Waals surface area (Å²) in [7, 11) is 0. The number of hydrogen-bond donors (Lipinski definition) is 0. The van der Waals surface area contributed by atoms with Crippen molar-refractivity contribution in [2.45, 2.75) is 38.0 Å². The number of fused-ring (bicyclic) bond motifs is 8. The van der Waals surface area contributed by atoms with Gasteiger partial charge in [-0.25, -0.2) is 0 Å². The molecule has 0 heteroatoms. The molecule has 0 nitrogen and oxygen atoms in total. The Hall–Kier alpha value is -5.46. The second kappa shape index (κ2) is 11.7. The maximum Gasteiger partial charge on any atom is -0.00264 e. The summed E-state index contributed by atoms with van der Waals surface area (Å²) in [6.07, 6.45) is 10.7. The molecule has 0 amide bonds. The molecule has 0 spiro atoms. The van der Waals surface area contributed by atoms with E-state index in [9.17, 15) is 0 Å². The van der Waals surface area contributed by atoms with E-state index in [0.717, 1.165) is 11.1 Å². The van der Waals surface area contributed by atoms with Gasteiger partial charge in [0.15, 0.2) is 0 Å². The molecule has 8 aromatic rings. The third-order valence-electron chi connectivity index (χ3n) is 10.9. The number of benzene rings is 8. The topological polar surface area (TPSA) is 0 Å². The molecule has 0 aromatic heterocycles. The quantitative estimate of drug-likeness (QED) is 0.134. The fourth-order valence-corrected chi connectivity index (χ4v) is 8.67. The lowest BCUT2D eigenvalue weighted by Gasteiger charge is -2.24. The highest BCUT2D eigenvalue weighted by Crippen LogP contribution is 2.47. The smallest absolute Gasteiger partial charge is 0.00264 e. The summed E-state index contributed by atoms with van der Waals surface area (Å²) in [5, 5.41) is 13.0. The van der Waals surface area contributed by atoms with Gasteiger partial charge >= 0.3 is 0 Å². The first kappa shape index (κ1) is 28.7. The van der Waals surface area contributed by atoms with Crippen molar-refractivity contribution < 1.29 is 0 Å². The van der Waals surface area contributed by atoms with Crippen molar-refractivity contribution >= 4 is 66.0 Å². The molecule has 1 aliphatic carbocycles. The Morgan fingerprint density at radius 1 is 0.417 bits per heavy atom. The predicted molar refractivity (Wildman–Crippen MR) is 211 cm³/mol. The van der Waals surface area contributed by atoms with Gasteiger partial charge in [0, 0.05) is 0 Å². The van der Waals surface area contributed by atoms with E-state index in [2.05, 4.69) is 141 Å². The molecule has 9 rings (SSSR count). The van der Waals surface area contributed by atoms with E-state index < -0.39 is 0 Å². The van der Waals surface area contributed by atoms with Crippen molar-refractivity contribution in [1.29, 1.82) is 0 Å². The third-order valence-corrected chi connectivity index (χ3v) is 10.9. The molecule has 0 aliphatic heterocycles. The van der Waals surface area contributed by atoms with E-state index in [0.29, 0.717) is 5.92 Å². The van der Waals surface area contributed by atoms with E-state index in [4.69, 9.17) is 0 Å². The summed E-state index contributed by atoms with van der Waals surface area (Å²) in [6.45, 7) is 8.71. The zero-order chi connectivity index (χ0) is 32.2. The molecule has 0 radical (unpaired) electrons. The van der Waals surface area contributed by atoms with Crippen LogP contribution in [0.5, 0.6) is 0 Å². The zero-order valence-electron chi connectivity index (χ0n) is 27.3. The van der Waals surface area contributed by atoms with Crippen molar-refractivity contribution in [3.8, 4) is 22.3 Å². The summed E-state index contributed by atoms with van der Waals surface area (Å²) in [4.78, 5) is 0. The maximum absolute atomic E-state index is 4.36. The molecular weight excluding hydrogens is 577 g/mol. The van der Waals surface area contributed by atoms with Crippen LogP contribution in [0.4, 0.5) is 0 Å². The largest absolute Gasteiger partial charge is 0.0984 e. The Balaban J connectivity index is 1.50. The minimum Gasteiger partial charge on any atom is -0.0984 e. The highest BCUT2D eigenvalue weighted by Gasteiger charge is 2.22.